The average Bonchev–Trinajstić information content (AvgIpc) is 2.39. The second-order valence-corrected chi connectivity index (χ2v) is 8.75. The van der Waals surface area contributed by atoms with Crippen LogP contribution < -0.4 is 5.54 Å². The Labute approximate surface area is 140 Å². The molecule has 0 fully saturated rings. The SMILES string of the molecule is CC(O)CC(COP(=O)(O)OCCOP(=O)(O)O)CC(C)(C)NF. The molecule has 0 aromatic carbocycles. The highest BCUT2D eigenvalue weighted by Crippen LogP contribution is 2.44. The molecule has 0 spiro atoms. The maximum atomic E-state index is 12.7. The lowest BCUT2D eigenvalue weighted by Crippen LogP contribution is -2.37. The van der Waals surface area contributed by atoms with E-state index in [-0.39, 0.29) is 19.4 Å². The van der Waals surface area contributed by atoms with Crippen LogP contribution in [0.25, 0.3) is 0 Å². The van der Waals surface area contributed by atoms with Gasteiger partial charge in [-0.05, 0) is 39.5 Å². The molecule has 5 N–H and O–H groups in total. The highest BCUT2D eigenvalue weighted by Gasteiger charge is 2.28. The predicted octanol–water partition coefficient (Wildman–Crippen LogP) is 1.26. The second-order valence-electron chi connectivity index (χ2n) is 6.05. The zero-order chi connectivity index (χ0) is 19.0. The van der Waals surface area contributed by atoms with Gasteiger partial charge in [-0.3, -0.25) is 13.6 Å². The predicted molar refractivity (Wildman–Crippen MR) is 82.5 cm³/mol. The van der Waals surface area contributed by atoms with Crippen molar-refractivity contribution in [2.24, 2.45) is 5.92 Å². The Morgan fingerprint density at radius 1 is 1.12 bits per heavy atom. The Balaban J connectivity index is 4.43. The molecule has 3 unspecified atom stereocenters. The minimum atomic E-state index is -4.68. The van der Waals surface area contributed by atoms with Crippen LogP contribution in [0, 0.1) is 5.92 Å². The number of aliphatic hydroxyl groups is 1. The van der Waals surface area contributed by atoms with Gasteiger partial charge in [-0.25, -0.2) is 9.13 Å². The van der Waals surface area contributed by atoms with Crippen LogP contribution in [0.3, 0.4) is 0 Å². The summed E-state index contributed by atoms with van der Waals surface area (Å²) in [5, 5.41) is 9.45. The fourth-order valence-corrected chi connectivity index (χ4v) is 3.09. The number of aliphatic hydroxyl groups excluding tert-OH is 1. The topological polar surface area (TPSA) is 155 Å². The molecule has 0 saturated heterocycles. The van der Waals surface area contributed by atoms with Crippen LogP contribution in [0.15, 0.2) is 0 Å². The van der Waals surface area contributed by atoms with Crippen molar-refractivity contribution in [3.05, 3.63) is 0 Å². The molecular weight excluding hydrogens is 371 g/mol. The van der Waals surface area contributed by atoms with Gasteiger partial charge in [-0.15, -0.1) is 4.48 Å². The standard InChI is InChI=1S/C11H26FNO9P2/c1-9(14)6-10(7-11(2,3)13-12)8-22-24(18,19)21-5-4-20-23(15,16)17/h9-10,13-14H,4-8H2,1-3H3,(H,18,19)(H2,15,16,17). The summed E-state index contributed by atoms with van der Waals surface area (Å²) in [6.07, 6.45) is -0.285. The molecular formula is C11H26FNO9P2. The molecule has 0 saturated carbocycles. The van der Waals surface area contributed by atoms with E-state index in [1.165, 1.54) is 6.92 Å². The molecule has 0 aliphatic rings. The first-order chi connectivity index (χ1) is 10.8. The summed E-state index contributed by atoms with van der Waals surface area (Å²) in [7, 11) is -9.16. The molecule has 0 aliphatic carbocycles. The van der Waals surface area contributed by atoms with E-state index in [9.17, 15) is 23.6 Å². The largest absolute Gasteiger partial charge is 0.472 e. The summed E-state index contributed by atoms with van der Waals surface area (Å²) < 4.78 is 48.1. The van der Waals surface area contributed by atoms with Gasteiger partial charge in [-0.1, -0.05) is 0 Å². The first-order valence-electron chi connectivity index (χ1n) is 7.14. The summed E-state index contributed by atoms with van der Waals surface area (Å²) in [6, 6.07) is 0. The third-order valence-corrected chi connectivity index (χ3v) is 4.30. The van der Waals surface area contributed by atoms with E-state index in [0.717, 1.165) is 0 Å². The van der Waals surface area contributed by atoms with Crippen LogP contribution in [-0.2, 0) is 22.7 Å². The molecule has 0 radical (unpaired) electrons. The lowest BCUT2D eigenvalue weighted by Gasteiger charge is -2.28. The van der Waals surface area contributed by atoms with Crippen molar-refractivity contribution in [2.45, 2.75) is 45.3 Å². The number of nitrogens with one attached hydrogen (secondary N) is 1. The van der Waals surface area contributed by atoms with Crippen LogP contribution in [-0.4, -0.2) is 51.3 Å². The van der Waals surface area contributed by atoms with Crippen molar-refractivity contribution in [3.63, 3.8) is 0 Å². The highest BCUT2D eigenvalue weighted by molar-refractivity contribution is 7.47. The first kappa shape index (κ1) is 24.1. The van der Waals surface area contributed by atoms with Crippen molar-refractivity contribution in [3.8, 4) is 0 Å². The molecule has 0 aliphatic heterocycles. The zero-order valence-corrected chi connectivity index (χ0v) is 15.6. The van der Waals surface area contributed by atoms with Gasteiger partial charge in [-0.2, -0.15) is 5.54 Å². The van der Waals surface area contributed by atoms with Gasteiger partial charge in [0, 0.05) is 5.54 Å². The fraction of sp³-hybridized carbons (Fsp3) is 1.00. The Morgan fingerprint density at radius 2 is 1.67 bits per heavy atom. The molecule has 0 rings (SSSR count). The Hall–Kier alpha value is 0.0700. The molecule has 0 aromatic heterocycles. The van der Waals surface area contributed by atoms with Crippen LogP contribution >= 0.6 is 15.6 Å². The first-order valence-corrected chi connectivity index (χ1v) is 10.2. The molecule has 0 amide bonds. The van der Waals surface area contributed by atoms with E-state index in [4.69, 9.17) is 14.3 Å². The number of hydrogen-bond acceptors (Lipinski definition) is 7. The molecule has 24 heavy (non-hydrogen) atoms. The van der Waals surface area contributed by atoms with Gasteiger partial charge in [0.25, 0.3) is 0 Å². The second kappa shape index (κ2) is 10.3. The third kappa shape index (κ3) is 13.4. The van der Waals surface area contributed by atoms with E-state index < -0.39 is 46.4 Å². The van der Waals surface area contributed by atoms with Crippen molar-refractivity contribution in [1.82, 2.24) is 5.54 Å². The number of hydrogen-bond donors (Lipinski definition) is 5. The van der Waals surface area contributed by atoms with Gasteiger partial charge in [0.05, 0.1) is 25.9 Å². The van der Waals surface area contributed by atoms with Crippen LogP contribution in [0.4, 0.5) is 4.48 Å². The lowest BCUT2D eigenvalue weighted by atomic mass is 9.88. The lowest BCUT2D eigenvalue weighted by molar-refractivity contribution is 0.0721. The Bertz CT molecular complexity index is 457. The summed E-state index contributed by atoms with van der Waals surface area (Å²) in [5.41, 5.74) is 0.692. The fourth-order valence-electron chi connectivity index (χ4n) is 2.00. The average molecular weight is 397 g/mol. The van der Waals surface area contributed by atoms with Gasteiger partial charge in [0.15, 0.2) is 0 Å². The summed E-state index contributed by atoms with van der Waals surface area (Å²) in [4.78, 5) is 26.4. The molecule has 10 nitrogen and oxygen atoms in total. The highest BCUT2D eigenvalue weighted by atomic mass is 31.2. The van der Waals surface area contributed by atoms with Crippen LogP contribution in [0.5, 0.6) is 0 Å². The summed E-state index contributed by atoms with van der Waals surface area (Å²) in [6.45, 7) is 3.24. The molecule has 3 atom stereocenters. The van der Waals surface area contributed by atoms with E-state index in [2.05, 4.69) is 9.05 Å². The monoisotopic (exact) mass is 397 g/mol. The summed E-state index contributed by atoms with van der Waals surface area (Å²) in [5.74, 6) is -0.432. The third-order valence-electron chi connectivity index (χ3n) is 2.80. The minimum Gasteiger partial charge on any atom is -0.393 e. The number of rotatable bonds is 13. The van der Waals surface area contributed by atoms with Crippen molar-refractivity contribution in [1.29, 1.82) is 0 Å². The summed E-state index contributed by atoms with van der Waals surface area (Å²) >= 11 is 0. The quantitative estimate of drug-likeness (QED) is 0.174. The van der Waals surface area contributed by atoms with E-state index >= 15 is 0 Å². The molecule has 0 aromatic rings. The van der Waals surface area contributed by atoms with Crippen LogP contribution in [0.1, 0.15) is 33.6 Å². The van der Waals surface area contributed by atoms with E-state index in [1.807, 2.05) is 0 Å². The number of halogens is 1. The maximum absolute atomic E-state index is 12.7. The normalized spacial score (nSPS) is 18.2. The Kier molecular flexibility index (Phi) is 10.3. The van der Waals surface area contributed by atoms with Gasteiger partial charge >= 0.3 is 15.6 Å². The van der Waals surface area contributed by atoms with E-state index in [1.54, 1.807) is 19.4 Å². The van der Waals surface area contributed by atoms with Crippen LogP contribution in [0.2, 0.25) is 0 Å². The van der Waals surface area contributed by atoms with Gasteiger partial charge < -0.3 is 19.8 Å². The van der Waals surface area contributed by atoms with Gasteiger partial charge in [0.1, 0.15) is 0 Å². The van der Waals surface area contributed by atoms with Gasteiger partial charge in [0.2, 0.25) is 0 Å². The number of phosphoric ester groups is 2. The molecule has 13 heteroatoms. The minimum absolute atomic E-state index is 0.215. The Morgan fingerprint density at radius 3 is 2.12 bits per heavy atom. The number of phosphoric acid groups is 2. The smallest absolute Gasteiger partial charge is 0.393 e. The van der Waals surface area contributed by atoms with E-state index in [0.29, 0.717) is 0 Å². The molecule has 146 valence electrons. The molecule has 0 heterocycles. The van der Waals surface area contributed by atoms with Crippen molar-refractivity contribution < 1.29 is 47.0 Å². The maximum Gasteiger partial charge on any atom is 0.472 e. The van der Waals surface area contributed by atoms with Crippen molar-refractivity contribution in [2.75, 3.05) is 19.8 Å². The zero-order valence-electron chi connectivity index (χ0n) is 13.8. The molecule has 0 bridgehead atoms. The van der Waals surface area contributed by atoms with Crippen molar-refractivity contribution >= 4 is 15.6 Å².